The van der Waals surface area contributed by atoms with Gasteiger partial charge in [0.05, 0.1) is 0 Å². The minimum atomic E-state index is 0.427. The minimum Gasteiger partial charge on any atom is -0.300 e. The van der Waals surface area contributed by atoms with E-state index in [1.54, 1.807) is 0 Å². The van der Waals surface area contributed by atoms with Gasteiger partial charge in [-0.1, -0.05) is 53.2 Å². The summed E-state index contributed by atoms with van der Waals surface area (Å²) in [5, 5.41) is 0. The molecule has 1 nitrogen and oxygen atoms in total. The quantitative estimate of drug-likeness (QED) is 0.629. The lowest BCUT2D eigenvalue weighted by atomic mass is 9.74. The van der Waals surface area contributed by atoms with Crippen molar-refractivity contribution in [3.8, 4) is 0 Å². The van der Waals surface area contributed by atoms with Crippen LogP contribution in [0.3, 0.4) is 0 Å². The molecular formula is C17H33N. The van der Waals surface area contributed by atoms with Crippen molar-refractivity contribution in [1.29, 1.82) is 0 Å². The molecule has 1 rings (SSSR count). The van der Waals surface area contributed by atoms with Crippen LogP contribution in [0.15, 0.2) is 12.2 Å². The fourth-order valence-electron chi connectivity index (χ4n) is 3.28. The maximum atomic E-state index is 2.58. The molecule has 0 aromatic carbocycles. The van der Waals surface area contributed by atoms with Crippen LogP contribution in [0.2, 0.25) is 0 Å². The van der Waals surface area contributed by atoms with Gasteiger partial charge in [0.1, 0.15) is 0 Å². The first-order valence-corrected chi connectivity index (χ1v) is 7.66. The van der Waals surface area contributed by atoms with E-state index in [1.807, 2.05) is 0 Å². The first kappa shape index (κ1) is 15.8. The Morgan fingerprint density at radius 3 is 2.06 bits per heavy atom. The molecule has 0 radical (unpaired) electrons. The molecule has 0 aromatic rings. The summed E-state index contributed by atoms with van der Waals surface area (Å²) < 4.78 is 0. The monoisotopic (exact) mass is 251 g/mol. The van der Waals surface area contributed by atoms with Gasteiger partial charge in [-0.05, 0) is 49.6 Å². The molecule has 0 bridgehead atoms. The molecule has 0 aromatic heterocycles. The molecule has 0 atom stereocenters. The predicted molar refractivity (Wildman–Crippen MR) is 81.9 cm³/mol. The average molecular weight is 251 g/mol. The smallest absolute Gasteiger partial charge is 0.0163 e. The number of allylic oxidation sites excluding steroid dienone is 1. The molecule has 0 N–H and O–H groups in total. The SMILES string of the molecule is CC(C)(C)CC(C)(C)CC=CCN1CCCCC1. The van der Waals surface area contributed by atoms with Gasteiger partial charge in [-0.2, -0.15) is 0 Å². The highest BCUT2D eigenvalue weighted by Crippen LogP contribution is 2.35. The van der Waals surface area contributed by atoms with E-state index in [1.165, 1.54) is 45.2 Å². The van der Waals surface area contributed by atoms with Crippen LogP contribution >= 0.6 is 0 Å². The number of nitrogens with zero attached hydrogens (tertiary/aromatic N) is 1. The molecule has 1 aliphatic heterocycles. The Labute approximate surface area is 115 Å². The molecule has 106 valence electrons. The first-order chi connectivity index (χ1) is 8.29. The topological polar surface area (TPSA) is 3.24 Å². The number of rotatable bonds is 5. The van der Waals surface area contributed by atoms with Crippen molar-refractivity contribution in [2.75, 3.05) is 19.6 Å². The molecule has 1 aliphatic rings. The highest BCUT2D eigenvalue weighted by atomic mass is 15.1. The van der Waals surface area contributed by atoms with Gasteiger partial charge in [-0.15, -0.1) is 0 Å². The minimum absolute atomic E-state index is 0.427. The molecule has 0 unspecified atom stereocenters. The van der Waals surface area contributed by atoms with E-state index >= 15 is 0 Å². The van der Waals surface area contributed by atoms with E-state index in [9.17, 15) is 0 Å². The summed E-state index contributed by atoms with van der Waals surface area (Å²) in [6.07, 6.45) is 11.5. The van der Waals surface area contributed by atoms with Gasteiger partial charge in [0.2, 0.25) is 0 Å². The molecule has 18 heavy (non-hydrogen) atoms. The van der Waals surface area contributed by atoms with Crippen LogP contribution in [0, 0.1) is 10.8 Å². The van der Waals surface area contributed by atoms with Gasteiger partial charge in [-0.3, -0.25) is 4.90 Å². The molecular weight excluding hydrogens is 218 g/mol. The van der Waals surface area contributed by atoms with Crippen LogP contribution in [0.1, 0.15) is 66.7 Å². The van der Waals surface area contributed by atoms with Gasteiger partial charge in [0.15, 0.2) is 0 Å². The third-order valence-corrected chi connectivity index (χ3v) is 3.66. The van der Waals surface area contributed by atoms with Crippen molar-refractivity contribution >= 4 is 0 Å². The van der Waals surface area contributed by atoms with E-state index in [4.69, 9.17) is 0 Å². The van der Waals surface area contributed by atoms with Crippen LogP contribution < -0.4 is 0 Å². The van der Waals surface area contributed by atoms with Crippen LogP contribution in [-0.2, 0) is 0 Å². The number of hydrogen-bond acceptors (Lipinski definition) is 1. The molecule has 0 aliphatic carbocycles. The lowest BCUT2D eigenvalue weighted by Crippen LogP contribution is -2.29. The maximum Gasteiger partial charge on any atom is 0.0163 e. The van der Waals surface area contributed by atoms with Crippen molar-refractivity contribution in [2.24, 2.45) is 10.8 Å². The fraction of sp³-hybridized carbons (Fsp3) is 0.882. The first-order valence-electron chi connectivity index (χ1n) is 7.66. The van der Waals surface area contributed by atoms with Gasteiger partial charge >= 0.3 is 0 Å². The zero-order chi connectivity index (χ0) is 13.6. The van der Waals surface area contributed by atoms with Gasteiger partial charge < -0.3 is 0 Å². The van der Waals surface area contributed by atoms with Crippen molar-refractivity contribution in [3.05, 3.63) is 12.2 Å². The van der Waals surface area contributed by atoms with E-state index in [0.29, 0.717) is 10.8 Å². The molecule has 1 heteroatoms. The highest BCUT2D eigenvalue weighted by molar-refractivity contribution is 4.91. The lowest BCUT2D eigenvalue weighted by molar-refractivity contribution is 0.214. The Bertz CT molecular complexity index is 251. The van der Waals surface area contributed by atoms with Crippen LogP contribution in [-0.4, -0.2) is 24.5 Å². The summed E-state index contributed by atoms with van der Waals surface area (Å²) in [6.45, 7) is 15.6. The standard InChI is InChI=1S/C17H33N/c1-16(2,3)15-17(4,5)11-7-10-14-18-12-8-6-9-13-18/h7,10H,6,8-9,11-15H2,1-5H3. The molecule has 0 saturated carbocycles. The Morgan fingerprint density at radius 1 is 0.889 bits per heavy atom. The largest absolute Gasteiger partial charge is 0.300 e. The summed E-state index contributed by atoms with van der Waals surface area (Å²) in [6, 6.07) is 0. The Balaban J connectivity index is 2.25. The second kappa shape index (κ2) is 6.75. The second-order valence-corrected chi connectivity index (χ2v) is 7.94. The van der Waals surface area contributed by atoms with Gasteiger partial charge in [-0.25, -0.2) is 0 Å². The van der Waals surface area contributed by atoms with Crippen molar-refractivity contribution < 1.29 is 0 Å². The summed E-state index contributed by atoms with van der Waals surface area (Å²) in [4.78, 5) is 2.58. The summed E-state index contributed by atoms with van der Waals surface area (Å²) in [5.41, 5.74) is 0.862. The van der Waals surface area contributed by atoms with Crippen molar-refractivity contribution in [1.82, 2.24) is 4.90 Å². The number of likely N-dealkylation sites (tertiary alicyclic amines) is 1. The summed E-state index contributed by atoms with van der Waals surface area (Å²) >= 11 is 0. The molecule has 1 saturated heterocycles. The Morgan fingerprint density at radius 2 is 1.50 bits per heavy atom. The molecule has 0 spiro atoms. The zero-order valence-corrected chi connectivity index (χ0v) is 13.3. The molecule has 1 heterocycles. The normalized spacial score (nSPS) is 19.6. The van der Waals surface area contributed by atoms with Gasteiger partial charge in [0, 0.05) is 6.54 Å². The number of piperidine rings is 1. The van der Waals surface area contributed by atoms with Crippen molar-refractivity contribution in [3.63, 3.8) is 0 Å². The van der Waals surface area contributed by atoms with Crippen LogP contribution in [0.5, 0.6) is 0 Å². The third kappa shape index (κ3) is 7.20. The van der Waals surface area contributed by atoms with Crippen LogP contribution in [0.4, 0.5) is 0 Å². The van der Waals surface area contributed by atoms with Crippen molar-refractivity contribution in [2.45, 2.75) is 66.7 Å². The predicted octanol–water partition coefficient (Wildman–Crippen LogP) is 4.88. The zero-order valence-electron chi connectivity index (χ0n) is 13.3. The van der Waals surface area contributed by atoms with E-state index in [2.05, 4.69) is 51.7 Å². The van der Waals surface area contributed by atoms with E-state index < -0.39 is 0 Å². The molecule has 1 fully saturated rings. The second-order valence-electron chi connectivity index (χ2n) is 7.94. The van der Waals surface area contributed by atoms with E-state index in [-0.39, 0.29) is 0 Å². The third-order valence-electron chi connectivity index (χ3n) is 3.66. The Kier molecular flexibility index (Phi) is 5.91. The summed E-state index contributed by atoms with van der Waals surface area (Å²) in [5.74, 6) is 0. The number of hydrogen-bond donors (Lipinski definition) is 0. The highest BCUT2D eigenvalue weighted by Gasteiger charge is 2.24. The lowest BCUT2D eigenvalue weighted by Gasteiger charge is -2.31. The Hall–Kier alpha value is -0.300. The fourth-order valence-corrected chi connectivity index (χ4v) is 3.28. The van der Waals surface area contributed by atoms with E-state index in [0.717, 1.165) is 6.54 Å². The van der Waals surface area contributed by atoms with Crippen LogP contribution in [0.25, 0.3) is 0 Å². The van der Waals surface area contributed by atoms with Gasteiger partial charge in [0.25, 0.3) is 0 Å². The average Bonchev–Trinajstić information content (AvgIpc) is 2.23. The molecule has 0 amide bonds. The maximum absolute atomic E-state index is 2.58. The summed E-state index contributed by atoms with van der Waals surface area (Å²) in [7, 11) is 0.